The molecular formula is C13H12Cl2N2O3S. The van der Waals surface area contributed by atoms with Gasteiger partial charge in [-0.05, 0) is 36.4 Å². The molecule has 3 N–H and O–H groups in total. The first-order chi connectivity index (χ1) is 9.85. The average Bonchev–Trinajstić information content (AvgIpc) is 2.45. The predicted octanol–water partition coefficient (Wildman–Crippen LogP) is 3.39. The third-order valence-electron chi connectivity index (χ3n) is 2.72. The molecule has 0 heterocycles. The van der Waals surface area contributed by atoms with Crippen molar-refractivity contribution in [1.29, 1.82) is 0 Å². The highest BCUT2D eigenvalue weighted by atomic mass is 35.5. The first-order valence-corrected chi connectivity index (χ1v) is 7.99. The van der Waals surface area contributed by atoms with E-state index in [4.69, 9.17) is 33.7 Å². The summed E-state index contributed by atoms with van der Waals surface area (Å²) in [7, 11) is -2.34. The summed E-state index contributed by atoms with van der Waals surface area (Å²) in [6, 6.07) is 9.09. The lowest BCUT2D eigenvalue weighted by molar-refractivity contribution is 0.415. The number of hydrogen-bond donors (Lipinski definition) is 2. The quantitative estimate of drug-likeness (QED) is 0.831. The van der Waals surface area contributed by atoms with Crippen LogP contribution in [0.4, 0.5) is 11.4 Å². The molecular weight excluding hydrogens is 335 g/mol. The molecule has 0 aliphatic rings. The molecule has 0 unspecified atom stereocenters. The third kappa shape index (κ3) is 3.34. The number of hydrogen-bond acceptors (Lipinski definition) is 4. The fraction of sp³-hybridized carbons (Fsp3) is 0.0769. The van der Waals surface area contributed by atoms with Crippen LogP contribution < -0.4 is 15.2 Å². The van der Waals surface area contributed by atoms with E-state index in [0.29, 0.717) is 11.4 Å². The summed E-state index contributed by atoms with van der Waals surface area (Å²) in [5.74, 6) is 0.617. The molecule has 8 heteroatoms. The van der Waals surface area contributed by atoms with Gasteiger partial charge < -0.3 is 10.5 Å². The van der Waals surface area contributed by atoms with Crippen LogP contribution in [0.2, 0.25) is 10.0 Å². The zero-order valence-corrected chi connectivity index (χ0v) is 13.3. The van der Waals surface area contributed by atoms with Crippen molar-refractivity contribution in [3.8, 4) is 5.75 Å². The summed E-state index contributed by atoms with van der Waals surface area (Å²) in [4.78, 5) is -0.137. The second-order valence-corrected chi connectivity index (χ2v) is 6.54. The SMILES string of the molecule is COc1ccc(NS(=O)(=O)c2ccc(Cl)c(N)c2Cl)cc1. The van der Waals surface area contributed by atoms with Gasteiger partial charge in [-0.3, -0.25) is 4.72 Å². The van der Waals surface area contributed by atoms with Crippen molar-refractivity contribution in [2.45, 2.75) is 4.90 Å². The molecule has 112 valence electrons. The standard InChI is InChI=1S/C13H12Cl2N2O3S/c1-20-9-4-2-8(3-5-9)17-21(18,19)11-7-6-10(14)13(16)12(11)15/h2-7,17H,16H2,1H3. The number of sulfonamides is 1. The van der Waals surface area contributed by atoms with E-state index in [-0.39, 0.29) is 20.6 Å². The van der Waals surface area contributed by atoms with Crippen LogP contribution in [-0.4, -0.2) is 15.5 Å². The molecule has 0 aliphatic heterocycles. The molecule has 0 fully saturated rings. The van der Waals surface area contributed by atoms with Gasteiger partial charge in [-0.2, -0.15) is 0 Å². The van der Waals surface area contributed by atoms with Crippen LogP contribution in [0.5, 0.6) is 5.75 Å². The number of nitrogens with two attached hydrogens (primary N) is 1. The van der Waals surface area contributed by atoms with Crippen LogP contribution in [0.3, 0.4) is 0 Å². The monoisotopic (exact) mass is 346 g/mol. The minimum Gasteiger partial charge on any atom is -0.497 e. The maximum absolute atomic E-state index is 12.3. The molecule has 0 aliphatic carbocycles. The van der Waals surface area contributed by atoms with E-state index in [1.807, 2.05) is 0 Å². The second-order valence-electron chi connectivity index (χ2n) is 4.11. The number of nitrogens with one attached hydrogen (secondary N) is 1. The molecule has 0 atom stereocenters. The van der Waals surface area contributed by atoms with Crippen molar-refractivity contribution >= 4 is 44.6 Å². The number of nitrogen functional groups attached to an aromatic ring is 1. The Balaban J connectivity index is 2.36. The summed E-state index contributed by atoms with van der Waals surface area (Å²) < 4.78 is 32.0. The fourth-order valence-corrected chi connectivity index (χ4v) is 3.45. The molecule has 2 rings (SSSR count). The van der Waals surface area contributed by atoms with Crippen LogP contribution in [0.1, 0.15) is 0 Å². The summed E-state index contributed by atoms with van der Waals surface area (Å²) in [5.41, 5.74) is 6.04. The number of methoxy groups -OCH3 is 1. The van der Waals surface area contributed by atoms with Gasteiger partial charge in [0.1, 0.15) is 10.6 Å². The zero-order valence-electron chi connectivity index (χ0n) is 10.9. The van der Waals surface area contributed by atoms with Crippen LogP contribution >= 0.6 is 23.2 Å². The minimum absolute atomic E-state index is 0.0240. The van der Waals surface area contributed by atoms with E-state index in [2.05, 4.69) is 4.72 Å². The second kappa shape index (κ2) is 6.01. The van der Waals surface area contributed by atoms with Gasteiger partial charge in [-0.25, -0.2) is 8.42 Å². The molecule has 21 heavy (non-hydrogen) atoms. The Kier molecular flexibility index (Phi) is 4.51. The summed E-state index contributed by atoms with van der Waals surface area (Å²) in [6.07, 6.45) is 0. The minimum atomic E-state index is -3.86. The maximum Gasteiger partial charge on any atom is 0.263 e. The lowest BCUT2D eigenvalue weighted by Gasteiger charge is -2.11. The third-order valence-corrected chi connectivity index (χ3v) is 5.00. The highest BCUT2D eigenvalue weighted by Crippen LogP contribution is 2.34. The fourth-order valence-electron chi connectivity index (χ4n) is 1.63. The molecule has 0 bridgehead atoms. The van der Waals surface area contributed by atoms with Crippen molar-refractivity contribution in [2.75, 3.05) is 17.6 Å². The van der Waals surface area contributed by atoms with Crippen molar-refractivity contribution in [3.63, 3.8) is 0 Å². The zero-order chi connectivity index (χ0) is 15.6. The van der Waals surface area contributed by atoms with Crippen LogP contribution in [0, 0.1) is 0 Å². The molecule has 0 saturated carbocycles. The van der Waals surface area contributed by atoms with Crippen molar-refractivity contribution < 1.29 is 13.2 Å². The Morgan fingerprint density at radius 2 is 1.71 bits per heavy atom. The average molecular weight is 347 g/mol. The van der Waals surface area contributed by atoms with Crippen molar-refractivity contribution in [3.05, 3.63) is 46.4 Å². The lowest BCUT2D eigenvalue weighted by Crippen LogP contribution is -2.14. The largest absolute Gasteiger partial charge is 0.497 e. The highest BCUT2D eigenvalue weighted by Gasteiger charge is 2.20. The normalized spacial score (nSPS) is 11.2. The molecule has 0 radical (unpaired) electrons. The molecule has 0 saturated heterocycles. The molecule has 0 spiro atoms. The highest BCUT2D eigenvalue weighted by molar-refractivity contribution is 7.92. The first-order valence-electron chi connectivity index (χ1n) is 5.75. The summed E-state index contributed by atoms with van der Waals surface area (Å²) in [5, 5.41) is 0.0897. The molecule has 2 aromatic rings. The van der Waals surface area contributed by atoms with Gasteiger partial charge in [0.05, 0.1) is 22.8 Å². The van der Waals surface area contributed by atoms with E-state index < -0.39 is 10.0 Å². The van der Waals surface area contributed by atoms with Crippen LogP contribution in [0.25, 0.3) is 0 Å². The number of rotatable bonds is 4. The predicted molar refractivity (Wildman–Crippen MR) is 84.7 cm³/mol. The van der Waals surface area contributed by atoms with Crippen LogP contribution in [-0.2, 0) is 10.0 Å². The topological polar surface area (TPSA) is 81.4 Å². The Bertz CT molecular complexity index is 762. The first kappa shape index (κ1) is 15.8. The van der Waals surface area contributed by atoms with Crippen LogP contribution in [0.15, 0.2) is 41.3 Å². The number of anilines is 2. The van der Waals surface area contributed by atoms with E-state index in [1.54, 1.807) is 24.3 Å². The van der Waals surface area contributed by atoms with Gasteiger partial charge in [0.2, 0.25) is 0 Å². The molecule has 0 aromatic heterocycles. The Labute approximate surface area is 132 Å². The summed E-state index contributed by atoms with van der Waals surface area (Å²) >= 11 is 11.7. The molecule has 5 nitrogen and oxygen atoms in total. The van der Waals surface area contributed by atoms with E-state index in [9.17, 15) is 8.42 Å². The van der Waals surface area contributed by atoms with E-state index >= 15 is 0 Å². The van der Waals surface area contributed by atoms with Gasteiger partial charge >= 0.3 is 0 Å². The smallest absolute Gasteiger partial charge is 0.263 e. The van der Waals surface area contributed by atoms with Gasteiger partial charge in [0.25, 0.3) is 10.0 Å². The molecule has 0 amide bonds. The van der Waals surface area contributed by atoms with Crippen molar-refractivity contribution in [1.82, 2.24) is 0 Å². The van der Waals surface area contributed by atoms with E-state index in [0.717, 1.165) is 0 Å². The molecule has 2 aromatic carbocycles. The maximum atomic E-state index is 12.3. The van der Waals surface area contributed by atoms with Gasteiger partial charge in [0, 0.05) is 5.69 Å². The van der Waals surface area contributed by atoms with Gasteiger partial charge in [0.15, 0.2) is 0 Å². The summed E-state index contributed by atoms with van der Waals surface area (Å²) in [6.45, 7) is 0. The Hall–Kier alpha value is -1.63. The van der Waals surface area contributed by atoms with Crippen molar-refractivity contribution in [2.24, 2.45) is 0 Å². The van der Waals surface area contributed by atoms with Gasteiger partial charge in [-0.1, -0.05) is 23.2 Å². The van der Waals surface area contributed by atoms with E-state index in [1.165, 1.54) is 19.2 Å². The lowest BCUT2D eigenvalue weighted by atomic mass is 10.3. The Morgan fingerprint density at radius 1 is 1.10 bits per heavy atom. The number of ether oxygens (including phenoxy) is 1. The number of benzene rings is 2. The Morgan fingerprint density at radius 3 is 2.29 bits per heavy atom. The number of halogens is 2. The van der Waals surface area contributed by atoms with Gasteiger partial charge in [-0.15, -0.1) is 0 Å².